The van der Waals surface area contributed by atoms with Crippen LogP contribution in [0.5, 0.6) is 5.75 Å². The number of hydrogen-bond acceptors (Lipinski definition) is 5. The van der Waals surface area contributed by atoms with Gasteiger partial charge in [-0.25, -0.2) is 0 Å². The molecular weight excluding hydrogens is 364 g/mol. The number of esters is 1. The summed E-state index contributed by atoms with van der Waals surface area (Å²) in [4.78, 5) is 19.7. The molecule has 1 aromatic carbocycles. The van der Waals surface area contributed by atoms with Crippen LogP contribution in [0.1, 0.15) is 37.4 Å². The number of aromatic nitrogens is 1. The summed E-state index contributed by atoms with van der Waals surface area (Å²) < 4.78 is 11.7. The molecule has 0 N–H and O–H groups in total. The van der Waals surface area contributed by atoms with E-state index in [9.17, 15) is 4.79 Å². The van der Waals surface area contributed by atoms with Crippen LogP contribution in [0, 0.1) is 17.8 Å². The molecular formula is C24H28N2O3. The van der Waals surface area contributed by atoms with Gasteiger partial charge in [-0.2, -0.15) is 0 Å². The molecule has 3 saturated heterocycles. The van der Waals surface area contributed by atoms with E-state index < -0.39 is 0 Å². The van der Waals surface area contributed by atoms with Crippen LogP contribution in [0.15, 0.2) is 43.1 Å². The number of benzene rings is 1. The molecule has 3 aliphatic heterocycles. The third-order valence-electron chi connectivity index (χ3n) is 6.95. The lowest BCUT2D eigenvalue weighted by Crippen LogP contribution is -2.55. The molecule has 29 heavy (non-hydrogen) atoms. The van der Waals surface area contributed by atoms with Crippen LogP contribution in [-0.2, 0) is 9.53 Å². The molecule has 2 bridgehead atoms. The number of rotatable bonds is 6. The predicted molar refractivity (Wildman–Crippen MR) is 112 cm³/mol. The number of methoxy groups -OCH3 is 1. The lowest BCUT2D eigenvalue weighted by Gasteiger charge is -2.51. The van der Waals surface area contributed by atoms with E-state index in [1.54, 1.807) is 7.11 Å². The van der Waals surface area contributed by atoms with Crippen molar-refractivity contribution in [2.45, 2.75) is 37.8 Å². The normalized spacial score (nSPS) is 29.4. The van der Waals surface area contributed by atoms with Crippen molar-refractivity contribution in [2.24, 2.45) is 17.8 Å². The maximum atomic E-state index is 12.7. The fraction of sp³-hybridized carbons (Fsp3) is 0.500. The van der Waals surface area contributed by atoms with Gasteiger partial charge in [0.1, 0.15) is 11.9 Å². The number of piperidine rings is 3. The van der Waals surface area contributed by atoms with Crippen molar-refractivity contribution in [2.75, 3.05) is 20.2 Å². The molecule has 1 aliphatic carbocycles. The molecule has 1 aromatic heterocycles. The first-order chi connectivity index (χ1) is 14.2. The molecule has 0 amide bonds. The van der Waals surface area contributed by atoms with Crippen LogP contribution >= 0.6 is 0 Å². The summed E-state index contributed by atoms with van der Waals surface area (Å²) in [5.74, 6) is 1.97. The summed E-state index contributed by atoms with van der Waals surface area (Å²) in [6, 6.07) is 8.12. The second kappa shape index (κ2) is 7.45. The van der Waals surface area contributed by atoms with Crippen molar-refractivity contribution in [1.29, 1.82) is 0 Å². The first kappa shape index (κ1) is 18.6. The average Bonchev–Trinajstić information content (AvgIpc) is 3.62. The van der Waals surface area contributed by atoms with Crippen LogP contribution in [0.4, 0.5) is 0 Å². The van der Waals surface area contributed by atoms with E-state index in [0.29, 0.717) is 11.8 Å². The van der Waals surface area contributed by atoms with Crippen molar-refractivity contribution in [3.63, 3.8) is 0 Å². The predicted octanol–water partition coefficient (Wildman–Crippen LogP) is 4.13. The minimum Gasteiger partial charge on any atom is -0.497 e. The third kappa shape index (κ3) is 3.42. The first-order valence-corrected chi connectivity index (χ1v) is 10.7. The van der Waals surface area contributed by atoms with E-state index in [4.69, 9.17) is 9.47 Å². The van der Waals surface area contributed by atoms with E-state index >= 15 is 0 Å². The first-order valence-electron chi connectivity index (χ1n) is 10.7. The SMILES string of the molecule is C=CC1CN2CCC1CC2C(OC(=O)C1CC1)c1ccnc2ccc(OC)cc12. The van der Waals surface area contributed by atoms with Crippen molar-refractivity contribution in [1.82, 2.24) is 9.88 Å². The molecule has 0 spiro atoms. The maximum absolute atomic E-state index is 12.7. The van der Waals surface area contributed by atoms with Gasteiger partial charge in [0.2, 0.25) is 0 Å². The highest BCUT2D eigenvalue weighted by Gasteiger charge is 2.45. The number of fused-ring (bicyclic) bond motifs is 4. The molecule has 2 aromatic rings. The Morgan fingerprint density at radius 3 is 2.86 bits per heavy atom. The van der Waals surface area contributed by atoms with E-state index in [1.165, 1.54) is 6.42 Å². The lowest BCUT2D eigenvalue weighted by atomic mass is 9.73. The summed E-state index contributed by atoms with van der Waals surface area (Å²) in [7, 11) is 1.67. The van der Waals surface area contributed by atoms with E-state index in [2.05, 4.69) is 22.5 Å². The topological polar surface area (TPSA) is 51.7 Å². The zero-order valence-electron chi connectivity index (χ0n) is 16.9. The van der Waals surface area contributed by atoms with Gasteiger partial charge in [0.25, 0.3) is 0 Å². The molecule has 4 aliphatic rings. The number of carbonyl (C=O) groups is 1. The second-order valence-corrected chi connectivity index (χ2v) is 8.66. The van der Waals surface area contributed by atoms with Crippen LogP contribution in [0.25, 0.3) is 10.9 Å². The molecule has 5 atom stereocenters. The van der Waals surface area contributed by atoms with Crippen LogP contribution in [-0.4, -0.2) is 42.1 Å². The Kier molecular flexibility index (Phi) is 4.78. The van der Waals surface area contributed by atoms with E-state index in [0.717, 1.165) is 54.6 Å². The zero-order chi connectivity index (χ0) is 20.0. The Labute approximate surface area is 171 Å². The van der Waals surface area contributed by atoms with Gasteiger partial charge in [-0.1, -0.05) is 6.08 Å². The van der Waals surface area contributed by atoms with Gasteiger partial charge < -0.3 is 9.47 Å². The molecule has 5 unspecified atom stereocenters. The summed E-state index contributed by atoms with van der Waals surface area (Å²) in [6.07, 6.45) is 7.77. The fourth-order valence-electron chi connectivity index (χ4n) is 5.10. The number of carbonyl (C=O) groups excluding carboxylic acids is 1. The molecule has 6 rings (SSSR count). The smallest absolute Gasteiger partial charge is 0.309 e. The maximum Gasteiger partial charge on any atom is 0.309 e. The third-order valence-corrected chi connectivity index (χ3v) is 6.95. The average molecular weight is 392 g/mol. The standard InChI is InChI=1S/C24H28N2O3/c1-3-15-14-26-11-9-17(15)12-22(26)23(29-24(27)16-4-5-16)19-8-10-25-21-7-6-18(28-2)13-20(19)21/h3,6-8,10,13,15-17,22-23H,1,4-5,9,11-12,14H2,2H3. The van der Waals surface area contributed by atoms with Gasteiger partial charge in [-0.05, 0) is 68.3 Å². The van der Waals surface area contributed by atoms with Gasteiger partial charge in [-0.3, -0.25) is 14.7 Å². The highest BCUT2D eigenvalue weighted by molar-refractivity contribution is 5.84. The number of nitrogens with zero attached hydrogens (tertiary/aromatic N) is 2. The minimum atomic E-state index is -0.283. The van der Waals surface area contributed by atoms with Crippen molar-refractivity contribution in [3.05, 3.63) is 48.7 Å². The Morgan fingerprint density at radius 1 is 1.31 bits per heavy atom. The van der Waals surface area contributed by atoms with Gasteiger partial charge in [0, 0.05) is 23.7 Å². The second-order valence-electron chi connectivity index (χ2n) is 8.66. The van der Waals surface area contributed by atoms with Crippen molar-refractivity contribution in [3.8, 4) is 5.75 Å². The molecule has 152 valence electrons. The summed E-state index contributed by atoms with van der Waals surface area (Å²) >= 11 is 0. The largest absolute Gasteiger partial charge is 0.497 e. The van der Waals surface area contributed by atoms with Gasteiger partial charge in [-0.15, -0.1) is 6.58 Å². The Morgan fingerprint density at radius 2 is 2.17 bits per heavy atom. The molecule has 5 nitrogen and oxygen atoms in total. The van der Waals surface area contributed by atoms with Crippen molar-refractivity contribution >= 4 is 16.9 Å². The molecule has 4 fully saturated rings. The van der Waals surface area contributed by atoms with Gasteiger partial charge in [0.05, 0.1) is 24.6 Å². The van der Waals surface area contributed by atoms with Crippen molar-refractivity contribution < 1.29 is 14.3 Å². The number of pyridine rings is 1. The molecule has 1 saturated carbocycles. The highest BCUT2D eigenvalue weighted by atomic mass is 16.5. The Balaban J connectivity index is 1.55. The van der Waals surface area contributed by atoms with E-state index in [-0.39, 0.29) is 24.0 Å². The quantitative estimate of drug-likeness (QED) is 0.546. The van der Waals surface area contributed by atoms with Crippen LogP contribution in [0.2, 0.25) is 0 Å². The minimum absolute atomic E-state index is 0.0502. The van der Waals surface area contributed by atoms with E-state index in [1.807, 2.05) is 30.5 Å². The van der Waals surface area contributed by atoms with Crippen LogP contribution < -0.4 is 4.74 Å². The van der Waals surface area contributed by atoms with Gasteiger partial charge >= 0.3 is 5.97 Å². The lowest BCUT2D eigenvalue weighted by molar-refractivity contribution is -0.158. The summed E-state index contributed by atoms with van der Waals surface area (Å²) in [6.45, 7) is 6.10. The monoisotopic (exact) mass is 392 g/mol. The van der Waals surface area contributed by atoms with Gasteiger partial charge in [0.15, 0.2) is 0 Å². The number of ether oxygens (including phenoxy) is 2. The number of hydrogen-bond donors (Lipinski definition) is 0. The Hall–Kier alpha value is -2.40. The summed E-state index contributed by atoms with van der Waals surface area (Å²) in [5, 5.41) is 1.00. The Bertz CT molecular complexity index is 939. The zero-order valence-corrected chi connectivity index (χ0v) is 16.9. The van der Waals surface area contributed by atoms with Crippen LogP contribution in [0.3, 0.4) is 0 Å². The molecule has 5 heteroatoms. The molecule has 4 heterocycles. The summed E-state index contributed by atoms with van der Waals surface area (Å²) in [5.41, 5.74) is 1.94. The molecule has 0 radical (unpaired) electrons. The fourth-order valence-corrected chi connectivity index (χ4v) is 5.10. The highest BCUT2D eigenvalue weighted by Crippen LogP contribution is 2.44.